The van der Waals surface area contributed by atoms with Crippen molar-refractivity contribution < 1.29 is 18.3 Å². The van der Waals surface area contributed by atoms with E-state index in [1.54, 1.807) is 18.2 Å². The first-order valence-corrected chi connectivity index (χ1v) is 6.71. The number of fused-ring (bicyclic) bond motifs is 1. The van der Waals surface area contributed by atoms with Crippen molar-refractivity contribution in [1.29, 1.82) is 0 Å². The molecule has 1 aromatic heterocycles. The summed E-state index contributed by atoms with van der Waals surface area (Å²) in [6.45, 7) is -0.392. The molecular formula is C16H11F2N3O2. The Kier molecular flexibility index (Phi) is 4.09. The Hall–Kier alpha value is -3.09. The smallest absolute Gasteiger partial charge is 0.262 e. The predicted molar refractivity (Wildman–Crippen MR) is 80.0 cm³/mol. The second-order valence-electron chi connectivity index (χ2n) is 4.66. The highest BCUT2D eigenvalue weighted by Gasteiger charge is 2.11. The predicted octanol–water partition coefficient (Wildman–Crippen LogP) is 2.93. The van der Waals surface area contributed by atoms with Gasteiger partial charge in [-0.15, -0.1) is 0 Å². The highest BCUT2D eigenvalue weighted by molar-refractivity contribution is 5.92. The minimum Gasteiger partial charge on any atom is -0.467 e. The fourth-order valence-electron chi connectivity index (χ4n) is 2.01. The first-order valence-electron chi connectivity index (χ1n) is 6.71. The molecule has 0 spiro atoms. The summed E-state index contributed by atoms with van der Waals surface area (Å²) < 4.78 is 31.9. The fraction of sp³-hybridized carbons (Fsp3) is 0.0625. The van der Waals surface area contributed by atoms with E-state index < -0.39 is 24.1 Å². The summed E-state index contributed by atoms with van der Waals surface area (Å²) in [6, 6.07) is 9.95. The van der Waals surface area contributed by atoms with E-state index in [0.717, 1.165) is 18.2 Å². The van der Waals surface area contributed by atoms with Crippen molar-refractivity contribution in [2.24, 2.45) is 0 Å². The monoisotopic (exact) mass is 315 g/mol. The molecule has 7 heteroatoms. The van der Waals surface area contributed by atoms with Gasteiger partial charge < -0.3 is 10.1 Å². The summed E-state index contributed by atoms with van der Waals surface area (Å²) in [4.78, 5) is 19.9. The van der Waals surface area contributed by atoms with Crippen molar-refractivity contribution in [1.82, 2.24) is 9.97 Å². The van der Waals surface area contributed by atoms with E-state index in [-0.39, 0.29) is 11.6 Å². The first-order chi connectivity index (χ1) is 11.1. The highest BCUT2D eigenvalue weighted by Crippen LogP contribution is 2.20. The number of para-hydroxylation sites is 1. The van der Waals surface area contributed by atoms with Crippen molar-refractivity contribution >= 4 is 22.5 Å². The van der Waals surface area contributed by atoms with Crippen molar-refractivity contribution in [2.45, 2.75) is 0 Å². The largest absolute Gasteiger partial charge is 0.467 e. The zero-order valence-corrected chi connectivity index (χ0v) is 11.8. The van der Waals surface area contributed by atoms with Gasteiger partial charge in [0.2, 0.25) is 5.88 Å². The maximum atomic E-state index is 13.5. The lowest BCUT2D eigenvalue weighted by Gasteiger charge is -2.09. The molecule has 0 radical (unpaired) electrons. The van der Waals surface area contributed by atoms with Gasteiger partial charge in [0.1, 0.15) is 18.0 Å². The Morgan fingerprint density at radius 3 is 2.83 bits per heavy atom. The molecule has 0 aliphatic carbocycles. The molecule has 0 atom stereocenters. The van der Waals surface area contributed by atoms with Crippen LogP contribution >= 0.6 is 0 Å². The number of nitrogens with one attached hydrogen (secondary N) is 1. The van der Waals surface area contributed by atoms with E-state index >= 15 is 0 Å². The quantitative estimate of drug-likeness (QED) is 0.804. The summed E-state index contributed by atoms with van der Waals surface area (Å²) >= 11 is 0. The number of rotatable bonds is 4. The van der Waals surface area contributed by atoms with Gasteiger partial charge >= 0.3 is 0 Å². The molecule has 5 nitrogen and oxygen atoms in total. The van der Waals surface area contributed by atoms with Crippen LogP contribution < -0.4 is 10.1 Å². The van der Waals surface area contributed by atoms with Gasteiger partial charge in [-0.2, -0.15) is 0 Å². The third-order valence-corrected chi connectivity index (χ3v) is 3.05. The van der Waals surface area contributed by atoms with Crippen LogP contribution in [0.1, 0.15) is 0 Å². The molecule has 0 aliphatic rings. The van der Waals surface area contributed by atoms with Gasteiger partial charge in [-0.25, -0.2) is 18.7 Å². The average molecular weight is 315 g/mol. The second-order valence-corrected chi connectivity index (χ2v) is 4.66. The lowest BCUT2D eigenvalue weighted by molar-refractivity contribution is -0.118. The molecule has 0 saturated heterocycles. The Morgan fingerprint density at radius 1 is 1.13 bits per heavy atom. The summed E-state index contributed by atoms with van der Waals surface area (Å²) in [5.74, 6) is -1.76. The van der Waals surface area contributed by atoms with Crippen LogP contribution in [0.4, 0.5) is 14.5 Å². The molecular weight excluding hydrogens is 304 g/mol. The number of nitrogens with zero attached hydrogens (tertiary/aromatic N) is 2. The SMILES string of the molecule is O=C(COc1ncnc2ccccc12)Nc1cc(F)ccc1F. The first kappa shape index (κ1) is 14.8. The van der Waals surface area contributed by atoms with E-state index in [2.05, 4.69) is 15.3 Å². The number of aromatic nitrogens is 2. The number of benzene rings is 2. The topological polar surface area (TPSA) is 64.1 Å². The van der Waals surface area contributed by atoms with E-state index in [1.807, 2.05) is 6.07 Å². The number of anilines is 1. The molecule has 116 valence electrons. The Balaban J connectivity index is 1.70. The fourth-order valence-corrected chi connectivity index (χ4v) is 2.01. The molecule has 1 amide bonds. The molecule has 23 heavy (non-hydrogen) atoms. The highest BCUT2D eigenvalue weighted by atomic mass is 19.1. The second kappa shape index (κ2) is 6.35. The molecule has 0 saturated carbocycles. The number of hydrogen-bond donors (Lipinski definition) is 1. The Labute approximate surface area is 129 Å². The van der Waals surface area contributed by atoms with Crippen LogP contribution in [0.5, 0.6) is 5.88 Å². The van der Waals surface area contributed by atoms with Gasteiger partial charge in [0, 0.05) is 6.07 Å². The van der Waals surface area contributed by atoms with Crippen molar-refractivity contribution in [2.75, 3.05) is 11.9 Å². The van der Waals surface area contributed by atoms with E-state index in [9.17, 15) is 13.6 Å². The minimum atomic E-state index is -0.729. The molecule has 0 unspecified atom stereocenters. The average Bonchev–Trinajstić information content (AvgIpc) is 2.56. The molecule has 3 rings (SSSR count). The van der Waals surface area contributed by atoms with Crippen molar-refractivity contribution in [3.8, 4) is 5.88 Å². The summed E-state index contributed by atoms with van der Waals surface area (Å²) in [6.07, 6.45) is 1.32. The maximum absolute atomic E-state index is 13.5. The van der Waals surface area contributed by atoms with Gasteiger partial charge in [0.05, 0.1) is 16.6 Å². The van der Waals surface area contributed by atoms with Gasteiger partial charge in [-0.3, -0.25) is 4.79 Å². The van der Waals surface area contributed by atoms with E-state index in [0.29, 0.717) is 10.9 Å². The molecule has 2 aromatic carbocycles. The Morgan fingerprint density at radius 2 is 1.96 bits per heavy atom. The van der Waals surface area contributed by atoms with Crippen LogP contribution in [0, 0.1) is 11.6 Å². The lowest BCUT2D eigenvalue weighted by atomic mass is 10.2. The normalized spacial score (nSPS) is 10.5. The van der Waals surface area contributed by atoms with Crippen LogP contribution in [0.25, 0.3) is 10.9 Å². The molecule has 0 fully saturated rings. The number of amides is 1. The molecule has 0 bridgehead atoms. The summed E-state index contributed by atoms with van der Waals surface area (Å²) in [5.41, 5.74) is 0.431. The molecule has 1 N–H and O–H groups in total. The van der Waals surface area contributed by atoms with Crippen LogP contribution in [0.3, 0.4) is 0 Å². The van der Waals surface area contributed by atoms with Crippen LogP contribution in [0.15, 0.2) is 48.8 Å². The van der Waals surface area contributed by atoms with Gasteiger partial charge in [-0.1, -0.05) is 12.1 Å². The minimum absolute atomic E-state index is 0.241. The zero-order chi connectivity index (χ0) is 16.2. The molecule has 1 heterocycles. The number of ether oxygens (including phenoxy) is 1. The van der Waals surface area contributed by atoms with E-state index in [4.69, 9.17) is 4.74 Å². The number of halogens is 2. The Bertz CT molecular complexity index is 866. The maximum Gasteiger partial charge on any atom is 0.262 e. The van der Waals surface area contributed by atoms with E-state index in [1.165, 1.54) is 6.33 Å². The standard InChI is InChI=1S/C16H11F2N3O2/c17-10-5-6-12(18)14(7-10)21-15(22)8-23-16-11-3-1-2-4-13(11)19-9-20-16/h1-7,9H,8H2,(H,21,22). The van der Waals surface area contributed by atoms with Crippen LogP contribution in [0.2, 0.25) is 0 Å². The molecule has 0 aliphatic heterocycles. The summed E-state index contributed by atoms with van der Waals surface area (Å²) in [5, 5.41) is 2.90. The van der Waals surface area contributed by atoms with Crippen LogP contribution in [-0.2, 0) is 4.79 Å². The zero-order valence-electron chi connectivity index (χ0n) is 11.8. The molecule has 3 aromatic rings. The summed E-state index contributed by atoms with van der Waals surface area (Å²) in [7, 11) is 0. The lowest BCUT2D eigenvalue weighted by Crippen LogP contribution is -2.21. The number of hydrogen-bond acceptors (Lipinski definition) is 4. The van der Waals surface area contributed by atoms with Gasteiger partial charge in [0.15, 0.2) is 6.61 Å². The van der Waals surface area contributed by atoms with Gasteiger partial charge in [0.25, 0.3) is 5.91 Å². The van der Waals surface area contributed by atoms with Gasteiger partial charge in [-0.05, 0) is 24.3 Å². The van der Waals surface area contributed by atoms with Crippen molar-refractivity contribution in [3.63, 3.8) is 0 Å². The number of carbonyl (C=O) groups is 1. The third-order valence-electron chi connectivity index (χ3n) is 3.05. The third kappa shape index (κ3) is 3.39. The van der Waals surface area contributed by atoms with Crippen LogP contribution in [-0.4, -0.2) is 22.5 Å². The van der Waals surface area contributed by atoms with Crippen molar-refractivity contribution in [3.05, 3.63) is 60.4 Å². The number of carbonyl (C=O) groups excluding carboxylic acids is 1.